The lowest BCUT2D eigenvalue weighted by Crippen LogP contribution is -2.23. The van der Waals surface area contributed by atoms with Crippen LogP contribution in [0.3, 0.4) is 0 Å². The molecule has 1 N–H and O–H groups in total. The van der Waals surface area contributed by atoms with Crippen LogP contribution >= 0.6 is 0 Å². The highest BCUT2D eigenvalue weighted by molar-refractivity contribution is 5.18. The average molecular weight is 208 g/mol. The topological polar surface area (TPSA) is 29.5 Å². The van der Waals surface area contributed by atoms with Gasteiger partial charge in [0.15, 0.2) is 0 Å². The number of hydrogen-bond acceptors (Lipinski definition) is 2. The van der Waals surface area contributed by atoms with Crippen molar-refractivity contribution in [1.29, 1.82) is 0 Å². The molecular formula is C13H20O2. The Hall–Kier alpha value is -0.860. The largest absolute Gasteiger partial charge is 0.251 e. The Bertz CT molecular complexity index is 280. The maximum absolute atomic E-state index is 8.68. The van der Waals surface area contributed by atoms with Crippen molar-refractivity contribution in [1.82, 2.24) is 0 Å². The predicted molar refractivity (Wildman–Crippen MR) is 61.9 cm³/mol. The summed E-state index contributed by atoms with van der Waals surface area (Å²) >= 11 is 0. The first-order valence-electron chi connectivity index (χ1n) is 5.43. The van der Waals surface area contributed by atoms with Gasteiger partial charge in [-0.2, -0.15) is 0 Å². The van der Waals surface area contributed by atoms with Crippen LogP contribution in [0.4, 0.5) is 0 Å². The van der Waals surface area contributed by atoms with Crippen molar-refractivity contribution in [2.45, 2.75) is 45.1 Å². The van der Waals surface area contributed by atoms with E-state index in [0.717, 1.165) is 12.8 Å². The van der Waals surface area contributed by atoms with E-state index in [1.807, 2.05) is 19.9 Å². The van der Waals surface area contributed by atoms with Crippen LogP contribution in [0.1, 0.15) is 45.1 Å². The van der Waals surface area contributed by atoms with Crippen LogP contribution < -0.4 is 0 Å². The summed E-state index contributed by atoms with van der Waals surface area (Å²) in [5, 5.41) is 8.68. The summed E-state index contributed by atoms with van der Waals surface area (Å²) in [7, 11) is 0. The Balaban J connectivity index is 2.47. The lowest BCUT2D eigenvalue weighted by Gasteiger charge is -2.22. The van der Waals surface area contributed by atoms with Gasteiger partial charge in [-0.3, -0.25) is 5.26 Å². The molecule has 1 atom stereocenters. The minimum atomic E-state index is -0.441. The van der Waals surface area contributed by atoms with Gasteiger partial charge < -0.3 is 0 Å². The fraction of sp³-hybridized carbons (Fsp3) is 0.538. The molecule has 1 rings (SSSR count). The third-order valence-electron chi connectivity index (χ3n) is 2.80. The summed E-state index contributed by atoms with van der Waals surface area (Å²) in [5.41, 5.74) is 0.898. The molecule has 0 radical (unpaired) electrons. The molecule has 0 aliphatic heterocycles. The highest BCUT2D eigenvalue weighted by Gasteiger charge is 2.19. The number of hydrogen-bond donors (Lipinski definition) is 1. The standard InChI is InChI=1S/C13H20O2/c1-11(9-10-13(2,3)15-14)12-7-5-4-6-8-12/h4-8,11,14H,9-10H2,1-3H3. The quantitative estimate of drug-likeness (QED) is 0.588. The molecule has 1 unspecified atom stereocenters. The Labute approximate surface area is 91.8 Å². The molecule has 0 saturated carbocycles. The molecule has 0 bridgehead atoms. The molecule has 1 aromatic rings. The first-order chi connectivity index (χ1) is 7.05. The van der Waals surface area contributed by atoms with E-state index in [9.17, 15) is 0 Å². The molecule has 0 heterocycles. The van der Waals surface area contributed by atoms with Gasteiger partial charge >= 0.3 is 0 Å². The Morgan fingerprint density at radius 3 is 2.40 bits per heavy atom. The summed E-state index contributed by atoms with van der Waals surface area (Å²) in [6, 6.07) is 10.4. The maximum atomic E-state index is 8.68. The molecule has 0 spiro atoms. The van der Waals surface area contributed by atoms with Gasteiger partial charge in [-0.25, -0.2) is 4.89 Å². The fourth-order valence-corrected chi connectivity index (χ4v) is 1.56. The van der Waals surface area contributed by atoms with E-state index in [1.165, 1.54) is 5.56 Å². The van der Waals surface area contributed by atoms with Gasteiger partial charge in [-0.1, -0.05) is 37.3 Å². The summed E-state index contributed by atoms with van der Waals surface area (Å²) in [6.45, 7) is 5.98. The smallest absolute Gasteiger partial charge is 0.0977 e. The van der Waals surface area contributed by atoms with Crippen molar-refractivity contribution in [3.63, 3.8) is 0 Å². The summed E-state index contributed by atoms with van der Waals surface area (Å²) in [4.78, 5) is 4.42. The Morgan fingerprint density at radius 1 is 1.27 bits per heavy atom. The van der Waals surface area contributed by atoms with Crippen LogP contribution in [0.2, 0.25) is 0 Å². The van der Waals surface area contributed by atoms with Crippen molar-refractivity contribution in [2.75, 3.05) is 0 Å². The zero-order chi connectivity index (χ0) is 11.3. The molecule has 0 amide bonds. The summed E-state index contributed by atoms with van der Waals surface area (Å²) in [5.74, 6) is 0.501. The molecule has 0 aliphatic carbocycles. The monoisotopic (exact) mass is 208 g/mol. The molecule has 0 fully saturated rings. The zero-order valence-electron chi connectivity index (χ0n) is 9.73. The van der Waals surface area contributed by atoms with Crippen LogP contribution in [0.25, 0.3) is 0 Å². The lowest BCUT2D eigenvalue weighted by atomic mass is 9.91. The third-order valence-corrected chi connectivity index (χ3v) is 2.80. The lowest BCUT2D eigenvalue weighted by molar-refractivity contribution is -0.314. The summed E-state index contributed by atoms with van der Waals surface area (Å²) < 4.78 is 0. The van der Waals surface area contributed by atoms with Gasteiger partial charge in [-0.05, 0) is 38.2 Å². The second kappa shape index (κ2) is 5.29. The van der Waals surface area contributed by atoms with Crippen molar-refractivity contribution >= 4 is 0 Å². The van der Waals surface area contributed by atoms with Crippen LogP contribution in [0.15, 0.2) is 30.3 Å². The van der Waals surface area contributed by atoms with E-state index >= 15 is 0 Å². The second-order valence-electron chi connectivity index (χ2n) is 4.70. The van der Waals surface area contributed by atoms with Crippen LogP contribution in [-0.4, -0.2) is 10.9 Å². The number of benzene rings is 1. The second-order valence-corrected chi connectivity index (χ2v) is 4.70. The third kappa shape index (κ3) is 4.02. The highest BCUT2D eigenvalue weighted by atomic mass is 17.1. The van der Waals surface area contributed by atoms with Gasteiger partial charge in [0.05, 0.1) is 5.60 Å². The minimum Gasteiger partial charge on any atom is -0.251 e. The highest BCUT2D eigenvalue weighted by Crippen LogP contribution is 2.25. The normalized spacial score (nSPS) is 13.9. The molecule has 1 aromatic carbocycles. The minimum absolute atomic E-state index is 0.441. The van der Waals surface area contributed by atoms with Crippen molar-refractivity contribution in [3.8, 4) is 0 Å². The molecule has 2 heteroatoms. The Morgan fingerprint density at radius 2 is 1.87 bits per heavy atom. The van der Waals surface area contributed by atoms with E-state index in [0.29, 0.717) is 5.92 Å². The molecule has 0 aliphatic rings. The Kier molecular flexibility index (Phi) is 4.30. The zero-order valence-corrected chi connectivity index (χ0v) is 9.73. The van der Waals surface area contributed by atoms with Crippen LogP contribution in [-0.2, 0) is 4.89 Å². The van der Waals surface area contributed by atoms with Crippen molar-refractivity contribution in [3.05, 3.63) is 35.9 Å². The maximum Gasteiger partial charge on any atom is 0.0977 e. The van der Waals surface area contributed by atoms with E-state index in [4.69, 9.17) is 5.26 Å². The first-order valence-corrected chi connectivity index (χ1v) is 5.43. The van der Waals surface area contributed by atoms with E-state index in [1.54, 1.807) is 0 Å². The van der Waals surface area contributed by atoms with Crippen LogP contribution in [0.5, 0.6) is 0 Å². The van der Waals surface area contributed by atoms with Crippen molar-refractivity contribution < 1.29 is 10.1 Å². The molecule has 2 nitrogen and oxygen atoms in total. The molecular weight excluding hydrogens is 188 g/mol. The molecule has 84 valence electrons. The van der Waals surface area contributed by atoms with Gasteiger partial charge in [0.1, 0.15) is 0 Å². The summed E-state index contributed by atoms with van der Waals surface area (Å²) in [6.07, 6.45) is 1.86. The van der Waals surface area contributed by atoms with Crippen molar-refractivity contribution in [2.24, 2.45) is 0 Å². The van der Waals surface area contributed by atoms with E-state index in [2.05, 4.69) is 36.1 Å². The van der Waals surface area contributed by atoms with Gasteiger partial charge in [-0.15, -0.1) is 0 Å². The molecule has 0 saturated heterocycles. The van der Waals surface area contributed by atoms with E-state index in [-0.39, 0.29) is 0 Å². The average Bonchev–Trinajstić information content (AvgIpc) is 2.27. The fourth-order valence-electron chi connectivity index (χ4n) is 1.56. The van der Waals surface area contributed by atoms with Crippen LogP contribution in [0, 0.1) is 0 Å². The van der Waals surface area contributed by atoms with Gasteiger partial charge in [0.25, 0.3) is 0 Å². The SMILES string of the molecule is CC(CCC(C)(C)OO)c1ccccc1. The first kappa shape index (κ1) is 12.2. The predicted octanol–water partition coefficient (Wildman–Crippen LogP) is 3.84. The van der Waals surface area contributed by atoms with E-state index < -0.39 is 5.60 Å². The van der Waals surface area contributed by atoms with Gasteiger partial charge in [0, 0.05) is 0 Å². The molecule has 0 aromatic heterocycles. The van der Waals surface area contributed by atoms with Gasteiger partial charge in [0.2, 0.25) is 0 Å². The molecule has 15 heavy (non-hydrogen) atoms. The number of rotatable bonds is 5.